The van der Waals surface area contributed by atoms with E-state index < -0.39 is 4.92 Å². The summed E-state index contributed by atoms with van der Waals surface area (Å²) in [7, 11) is 0. The second-order valence-corrected chi connectivity index (χ2v) is 4.28. The van der Waals surface area contributed by atoms with Crippen molar-refractivity contribution < 1.29 is 9.72 Å². The second kappa shape index (κ2) is 6.95. The van der Waals surface area contributed by atoms with Crippen LogP contribution in [0.15, 0.2) is 59.7 Å². The van der Waals surface area contributed by atoms with E-state index in [0.29, 0.717) is 18.5 Å². The summed E-state index contributed by atoms with van der Waals surface area (Å²) in [4.78, 5) is 21.1. The number of benzene rings is 2. The third kappa shape index (κ3) is 4.24. The van der Waals surface area contributed by atoms with Gasteiger partial charge in [-0.2, -0.15) is 5.10 Å². The van der Waals surface area contributed by atoms with E-state index in [1.54, 1.807) is 12.1 Å². The van der Waals surface area contributed by atoms with E-state index in [1.807, 2.05) is 30.3 Å². The number of nitrogens with zero attached hydrogens (tertiary/aromatic N) is 3. The van der Waals surface area contributed by atoms with Crippen molar-refractivity contribution in [2.24, 2.45) is 5.10 Å². The largest absolute Gasteiger partial charge is 0.277 e. The summed E-state index contributed by atoms with van der Waals surface area (Å²) < 4.78 is 0. The van der Waals surface area contributed by atoms with Gasteiger partial charge in [0.05, 0.1) is 17.7 Å². The smallest absolute Gasteiger partial charge is 0.269 e. The molecule has 0 fully saturated rings. The molecule has 6 heteroatoms. The van der Waals surface area contributed by atoms with Crippen molar-refractivity contribution in [1.82, 2.24) is 5.01 Å². The lowest BCUT2D eigenvalue weighted by atomic mass is 10.2. The number of hydrazone groups is 1. The lowest BCUT2D eigenvalue weighted by molar-refractivity contribution is -0.384. The fourth-order valence-electron chi connectivity index (χ4n) is 1.70. The molecule has 0 atom stereocenters. The van der Waals surface area contributed by atoms with Gasteiger partial charge >= 0.3 is 0 Å². The first kappa shape index (κ1) is 14.4. The Morgan fingerprint density at radius 1 is 1.10 bits per heavy atom. The highest BCUT2D eigenvalue weighted by atomic mass is 16.6. The molecule has 0 unspecified atom stereocenters. The van der Waals surface area contributed by atoms with Gasteiger partial charge in [0.2, 0.25) is 6.41 Å². The van der Waals surface area contributed by atoms with Gasteiger partial charge in [0.15, 0.2) is 0 Å². The third-order valence-electron chi connectivity index (χ3n) is 2.77. The topological polar surface area (TPSA) is 75.8 Å². The fourth-order valence-corrected chi connectivity index (χ4v) is 1.70. The summed E-state index contributed by atoms with van der Waals surface area (Å²) in [6, 6.07) is 15.4. The Hall–Kier alpha value is -3.02. The summed E-state index contributed by atoms with van der Waals surface area (Å²) >= 11 is 0. The number of carbonyl (C=O) groups is 1. The molecule has 0 radical (unpaired) electrons. The molecule has 2 aromatic carbocycles. The standard InChI is InChI=1S/C15H13N3O3/c19-12-17(11-14-4-2-1-3-5-14)16-10-13-6-8-15(9-7-13)18(20)21/h1-10,12H,11H2/b16-10+. The van der Waals surface area contributed by atoms with E-state index in [4.69, 9.17) is 0 Å². The highest BCUT2D eigenvalue weighted by Gasteiger charge is 2.03. The lowest BCUT2D eigenvalue weighted by Crippen LogP contribution is -2.14. The molecule has 0 saturated heterocycles. The molecular weight excluding hydrogens is 270 g/mol. The van der Waals surface area contributed by atoms with Crippen LogP contribution in [0.4, 0.5) is 5.69 Å². The first-order valence-corrected chi connectivity index (χ1v) is 6.23. The number of rotatable bonds is 6. The molecule has 6 nitrogen and oxygen atoms in total. The summed E-state index contributed by atoms with van der Waals surface area (Å²) in [6.45, 7) is 0.369. The van der Waals surface area contributed by atoms with Gasteiger partial charge in [-0.3, -0.25) is 14.9 Å². The number of nitro groups is 1. The Morgan fingerprint density at radius 2 is 1.76 bits per heavy atom. The summed E-state index contributed by atoms with van der Waals surface area (Å²) in [5.74, 6) is 0. The van der Waals surface area contributed by atoms with E-state index in [2.05, 4.69) is 5.10 Å². The molecule has 106 valence electrons. The quantitative estimate of drug-likeness (QED) is 0.354. The summed E-state index contributed by atoms with van der Waals surface area (Å²) in [6.07, 6.45) is 2.12. The van der Waals surface area contributed by atoms with Gasteiger partial charge in [-0.25, -0.2) is 5.01 Å². The van der Waals surface area contributed by atoms with Crippen molar-refractivity contribution in [3.05, 3.63) is 75.8 Å². The van der Waals surface area contributed by atoms with Crippen LogP contribution in [0.2, 0.25) is 0 Å². The van der Waals surface area contributed by atoms with Crippen molar-refractivity contribution in [1.29, 1.82) is 0 Å². The first-order chi connectivity index (χ1) is 10.2. The van der Waals surface area contributed by atoms with Gasteiger partial charge in [-0.15, -0.1) is 0 Å². The molecule has 0 aliphatic carbocycles. The maximum atomic E-state index is 11.0. The number of carbonyl (C=O) groups excluding carboxylic acids is 1. The zero-order valence-corrected chi connectivity index (χ0v) is 11.1. The van der Waals surface area contributed by atoms with Crippen LogP contribution in [0.25, 0.3) is 0 Å². The molecular formula is C15H13N3O3. The number of hydrogen-bond acceptors (Lipinski definition) is 4. The van der Waals surface area contributed by atoms with Crippen molar-refractivity contribution in [2.75, 3.05) is 0 Å². The van der Waals surface area contributed by atoms with Crippen LogP contribution >= 0.6 is 0 Å². The Kier molecular flexibility index (Phi) is 4.76. The van der Waals surface area contributed by atoms with Crippen LogP contribution in [0.3, 0.4) is 0 Å². The van der Waals surface area contributed by atoms with E-state index >= 15 is 0 Å². The fraction of sp³-hybridized carbons (Fsp3) is 0.0667. The maximum absolute atomic E-state index is 11.0. The van der Waals surface area contributed by atoms with Crippen molar-refractivity contribution in [2.45, 2.75) is 6.54 Å². The molecule has 0 heterocycles. The molecule has 0 bridgehead atoms. The van der Waals surface area contributed by atoms with Gasteiger partial charge in [0.1, 0.15) is 0 Å². The zero-order chi connectivity index (χ0) is 15.1. The number of hydrogen-bond donors (Lipinski definition) is 0. The molecule has 0 N–H and O–H groups in total. The number of amides is 1. The van der Waals surface area contributed by atoms with Crippen LogP contribution in [0.5, 0.6) is 0 Å². The Morgan fingerprint density at radius 3 is 2.33 bits per heavy atom. The molecule has 0 aromatic heterocycles. The highest BCUT2D eigenvalue weighted by Crippen LogP contribution is 2.11. The molecule has 0 saturated carbocycles. The van der Waals surface area contributed by atoms with Gasteiger partial charge < -0.3 is 0 Å². The van der Waals surface area contributed by atoms with E-state index in [0.717, 1.165) is 5.56 Å². The molecule has 0 aliphatic rings. The Bertz CT molecular complexity index is 639. The number of nitro benzene ring substituents is 1. The van der Waals surface area contributed by atoms with Crippen molar-refractivity contribution >= 4 is 18.3 Å². The highest BCUT2D eigenvalue weighted by molar-refractivity contribution is 5.80. The SMILES string of the molecule is O=CN(Cc1ccccc1)/N=C/c1ccc([N+](=O)[O-])cc1. The van der Waals surface area contributed by atoms with E-state index in [-0.39, 0.29) is 5.69 Å². The maximum Gasteiger partial charge on any atom is 0.269 e. The Balaban J connectivity index is 2.03. The first-order valence-electron chi connectivity index (χ1n) is 6.23. The summed E-state index contributed by atoms with van der Waals surface area (Å²) in [5, 5.41) is 15.9. The lowest BCUT2D eigenvalue weighted by Gasteiger charge is -2.10. The van der Waals surface area contributed by atoms with Crippen LogP contribution < -0.4 is 0 Å². The normalized spacial score (nSPS) is 10.5. The van der Waals surface area contributed by atoms with Gasteiger partial charge in [0, 0.05) is 12.1 Å². The minimum atomic E-state index is -0.464. The van der Waals surface area contributed by atoms with Crippen LogP contribution in [0.1, 0.15) is 11.1 Å². The van der Waals surface area contributed by atoms with Crippen molar-refractivity contribution in [3.8, 4) is 0 Å². The minimum absolute atomic E-state index is 0.0173. The van der Waals surface area contributed by atoms with Crippen LogP contribution in [-0.4, -0.2) is 22.6 Å². The van der Waals surface area contributed by atoms with Gasteiger partial charge in [-0.05, 0) is 23.3 Å². The molecule has 2 rings (SSSR count). The second-order valence-electron chi connectivity index (χ2n) is 4.28. The predicted octanol–water partition coefficient (Wildman–Crippen LogP) is 2.59. The van der Waals surface area contributed by atoms with Crippen LogP contribution in [-0.2, 0) is 11.3 Å². The zero-order valence-electron chi connectivity index (χ0n) is 11.1. The average Bonchev–Trinajstić information content (AvgIpc) is 2.52. The van der Waals surface area contributed by atoms with Gasteiger partial charge in [0.25, 0.3) is 5.69 Å². The number of non-ortho nitro benzene ring substituents is 1. The third-order valence-corrected chi connectivity index (χ3v) is 2.77. The predicted molar refractivity (Wildman–Crippen MR) is 78.7 cm³/mol. The molecule has 0 spiro atoms. The molecule has 21 heavy (non-hydrogen) atoms. The van der Waals surface area contributed by atoms with E-state index in [1.165, 1.54) is 23.4 Å². The minimum Gasteiger partial charge on any atom is -0.277 e. The Labute approximate surface area is 121 Å². The molecule has 2 aromatic rings. The van der Waals surface area contributed by atoms with E-state index in [9.17, 15) is 14.9 Å². The monoisotopic (exact) mass is 283 g/mol. The molecule has 1 amide bonds. The summed E-state index contributed by atoms with van der Waals surface area (Å²) in [5.41, 5.74) is 1.66. The van der Waals surface area contributed by atoms with Crippen LogP contribution in [0, 0.1) is 10.1 Å². The average molecular weight is 283 g/mol. The molecule has 0 aliphatic heterocycles. The van der Waals surface area contributed by atoms with Gasteiger partial charge in [-0.1, -0.05) is 30.3 Å². The van der Waals surface area contributed by atoms with Crippen molar-refractivity contribution in [3.63, 3.8) is 0 Å².